The first-order valence-electron chi connectivity index (χ1n) is 25.3. The number of carboxylic acid groups (broad SMARTS) is 1. The zero-order valence-corrected chi connectivity index (χ0v) is 39.6. The first kappa shape index (κ1) is 56.7. The fraction of sp³-hybridized carbons (Fsp3) is 0.940. The summed E-state index contributed by atoms with van der Waals surface area (Å²) in [5, 5.41) is 13.1. The summed E-state index contributed by atoms with van der Waals surface area (Å²) >= 11 is 1.45. The summed E-state index contributed by atoms with van der Waals surface area (Å²) in [6.45, 7) is 7.48. The summed E-state index contributed by atoms with van der Waals surface area (Å²) in [5.74, 6) is -0.588. The smallest absolute Gasteiger partial charge is 0.321 e. The zero-order chi connectivity index (χ0) is 42.4. The van der Waals surface area contributed by atoms with Crippen LogP contribution in [0.3, 0.4) is 0 Å². The molecule has 0 heterocycles. The highest BCUT2D eigenvalue weighted by atomic mass is 32.2. The van der Waals surface area contributed by atoms with E-state index >= 15 is 0 Å². The van der Waals surface area contributed by atoms with Crippen LogP contribution >= 0.6 is 11.8 Å². The van der Waals surface area contributed by atoms with Crippen molar-refractivity contribution in [3.05, 3.63) is 0 Å². The molecule has 0 saturated heterocycles. The molecule has 58 heavy (non-hydrogen) atoms. The predicted molar refractivity (Wildman–Crippen MR) is 250 cm³/mol. The van der Waals surface area contributed by atoms with Crippen molar-refractivity contribution in [2.75, 3.05) is 24.7 Å². The van der Waals surface area contributed by atoms with E-state index in [0.29, 0.717) is 30.9 Å². The monoisotopic (exact) mass is 840 g/mol. The van der Waals surface area contributed by atoms with Gasteiger partial charge in [0.25, 0.3) is 0 Å². The molecule has 0 aliphatic carbocycles. The van der Waals surface area contributed by atoms with Gasteiger partial charge in [-0.05, 0) is 25.8 Å². The second-order valence-corrected chi connectivity index (χ2v) is 18.4. The topological polar surface area (TPSA) is 102 Å². The molecule has 0 fully saturated rings. The molecule has 0 aromatic heterocycles. The van der Waals surface area contributed by atoms with E-state index in [-0.39, 0.29) is 18.5 Å². The Labute approximate surface area is 364 Å². The van der Waals surface area contributed by atoms with Crippen LogP contribution in [0.1, 0.15) is 265 Å². The number of esters is 2. The van der Waals surface area contributed by atoms with E-state index in [0.717, 1.165) is 51.4 Å². The minimum absolute atomic E-state index is 0.0262. The van der Waals surface area contributed by atoms with E-state index in [1.54, 1.807) is 0 Å². The van der Waals surface area contributed by atoms with Crippen molar-refractivity contribution in [2.45, 2.75) is 277 Å². The van der Waals surface area contributed by atoms with Crippen molar-refractivity contribution in [3.63, 3.8) is 0 Å². The van der Waals surface area contributed by atoms with Crippen LogP contribution in [0.2, 0.25) is 0 Å². The van der Waals surface area contributed by atoms with Gasteiger partial charge in [-0.2, -0.15) is 11.8 Å². The van der Waals surface area contributed by atoms with Crippen molar-refractivity contribution >= 4 is 29.7 Å². The lowest BCUT2D eigenvalue weighted by molar-refractivity contribution is -0.157. The number of carboxylic acids is 1. The molecule has 0 radical (unpaired) electrons. The Morgan fingerprint density at radius 3 is 1.14 bits per heavy atom. The third-order valence-electron chi connectivity index (χ3n) is 11.5. The Balaban J connectivity index is 4.50. The molecule has 8 heteroatoms. The highest BCUT2D eigenvalue weighted by Crippen LogP contribution is 2.17. The maximum Gasteiger partial charge on any atom is 0.321 e. The Morgan fingerprint density at radius 2 is 0.776 bits per heavy atom. The van der Waals surface area contributed by atoms with Gasteiger partial charge in [-0.25, -0.2) is 0 Å². The minimum atomic E-state index is -0.861. The maximum atomic E-state index is 12.9. The summed E-state index contributed by atoms with van der Waals surface area (Å²) < 4.78 is 11.5. The van der Waals surface area contributed by atoms with Crippen LogP contribution in [0.25, 0.3) is 0 Å². The summed E-state index contributed by atoms with van der Waals surface area (Å²) in [6.07, 6.45) is 45.3. The molecule has 2 N–H and O–H groups in total. The van der Waals surface area contributed by atoms with Gasteiger partial charge < -0.3 is 19.9 Å². The van der Waals surface area contributed by atoms with Crippen molar-refractivity contribution in [2.24, 2.45) is 0 Å². The molecule has 2 atom stereocenters. The van der Waals surface area contributed by atoms with Crippen LogP contribution in [0.4, 0.5) is 0 Å². The number of aliphatic carboxylic acids is 1. The number of nitrogens with one attached hydrogen (secondary N) is 1. The SMILES string of the molecule is CCCCCCCCCCCCCCCC(=O)OC[C@H](CSC[C@H](NCCCCCCCCCCCC)C(=O)O)OC(=O)CCCCCCCCCCCCCCC. The first-order chi connectivity index (χ1) is 28.4. The summed E-state index contributed by atoms with van der Waals surface area (Å²) in [6, 6.07) is -0.663. The number of ether oxygens (including phenoxy) is 2. The average Bonchev–Trinajstić information content (AvgIpc) is 3.21. The number of hydrogen-bond acceptors (Lipinski definition) is 7. The van der Waals surface area contributed by atoms with Gasteiger partial charge in [0.1, 0.15) is 18.8 Å². The predicted octanol–water partition coefficient (Wildman–Crippen LogP) is 15.1. The van der Waals surface area contributed by atoms with E-state index in [9.17, 15) is 19.5 Å². The third-order valence-corrected chi connectivity index (χ3v) is 12.7. The molecule has 0 spiro atoms. The number of rotatable bonds is 48. The lowest BCUT2D eigenvalue weighted by Gasteiger charge is -2.19. The molecular weight excluding hydrogens is 743 g/mol. The fourth-order valence-corrected chi connectivity index (χ4v) is 8.68. The van der Waals surface area contributed by atoms with Crippen LogP contribution in [0.15, 0.2) is 0 Å². The summed E-state index contributed by atoms with van der Waals surface area (Å²) in [5.41, 5.74) is 0. The Morgan fingerprint density at radius 1 is 0.448 bits per heavy atom. The van der Waals surface area contributed by atoms with Gasteiger partial charge >= 0.3 is 17.9 Å². The molecule has 7 nitrogen and oxygen atoms in total. The number of thioether (sulfide) groups is 1. The van der Waals surface area contributed by atoms with Gasteiger partial charge in [0.15, 0.2) is 0 Å². The van der Waals surface area contributed by atoms with E-state index in [1.807, 2.05) is 0 Å². The standard InChI is InChI=1S/C50H97NO6S/c1-4-7-10-13-16-19-22-24-26-28-31-34-37-40-48(52)56-43-46(57-49(53)41-38-35-32-29-27-25-23-20-17-14-11-8-5-2)44-58-45-47(50(54)55)51-42-39-36-33-30-21-18-15-12-9-6-3/h46-47,51H,4-45H2,1-3H3,(H,54,55)/t46-,47+/m1/s1. The molecule has 0 rings (SSSR count). The van der Waals surface area contributed by atoms with Crippen molar-refractivity contribution in [1.82, 2.24) is 5.32 Å². The lowest BCUT2D eigenvalue weighted by Crippen LogP contribution is -2.40. The Bertz CT molecular complexity index is 888. The van der Waals surface area contributed by atoms with Crippen molar-refractivity contribution in [1.29, 1.82) is 0 Å². The Kier molecular flexibility index (Phi) is 45.7. The van der Waals surface area contributed by atoms with E-state index in [4.69, 9.17) is 9.47 Å². The molecule has 344 valence electrons. The van der Waals surface area contributed by atoms with Crippen LogP contribution < -0.4 is 5.32 Å². The largest absolute Gasteiger partial charge is 0.480 e. The van der Waals surface area contributed by atoms with Crippen LogP contribution in [-0.2, 0) is 23.9 Å². The van der Waals surface area contributed by atoms with Gasteiger partial charge in [-0.3, -0.25) is 14.4 Å². The molecule has 0 saturated carbocycles. The van der Waals surface area contributed by atoms with Crippen molar-refractivity contribution in [3.8, 4) is 0 Å². The van der Waals surface area contributed by atoms with Crippen LogP contribution in [-0.4, -0.2) is 59.8 Å². The van der Waals surface area contributed by atoms with Crippen molar-refractivity contribution < 1.29 is 29.0 Å². The molecule has 0 unspecified atom stereocenters. The van der Waals surface area contributed by atoms with Gasteiger partial charge in [0, 0.05) is 24.3 Å². The molecule has 0 aliphatic heterocycles. The molecule has 0 aliphatic rings. The average molecular weight is 840 g/mol. The van der Waals surface area contributed by atoms with Gasteiger partial charge in [-0.15, -0.1) is 0 Å². The highest BCUT2D eigenvalue weighted by Gasteiger charge is 2.21. The van der Waals surface area contributed by atoms with E-state index in [1.165, 1.54) is 192 Å². The molecular formula is C50H97NO6S. The number of carbonyl (C=O) groups is 3. The third kappa shape index (κ3) is 42.8. The summed E-state index contributed by atoms with van der Waals surface area (Å²) in [7, 11) is 0. The lowest BCUT2D eigenvalue weighted by atomic mass is 10.0. The second-order valence-electron chi connectivity index (χ2n) is 17.3. The zero-order valence-electron chi connectivity index (χ0n) is 38.7. The Hall–Kier alpha value is -1.28. The number of unbranched alkanes of at least 4 members (excludes halogenated alkanes) is 33. The number of hydrogen-bond donors (Lipinski definition) is 2. The van der Waals surface area contributed by atoms with Gasteiger partial charge in [-0.1, -0.05) is 233 Å². The van der Waals surface area contributed by atoms with Gasteiger partial charge in [0.2, 0.25) is 0 Å². The van der Waals surface area contributed by atoms with Crippen LogP contribution in [0.5, 0.6) is 0 Å². The van der Waals surface area contributed by atoms with Crippen LogP contribution in [0, 0.1) is 0 Å². The second kappa shape index (κ2) is 46.8. The summed E-state index contributed by atoms with van der Waals surface area (Å²) in [4.78, 5) is 37.5. The van der Waals surface area contributed by atoms with E-state index in [2.05, 4.69) is 26.1 Å². The molecule has 0 aromatic rings. The number of carbonyl (C=O) groups excluding carboxylic acids is 2. The maximum absolute atomic E-state index is 12.9. The first-order valence-corrected chi connectivity index (χ1v) is 26.5. The normalized spacial score (nSPS) is 12.5. The highest BCUT2D eigenvalue weighted by molar-refractivity contribution is 7.99. The molecule has 0 aromatic carbocycles. The van der Waals surface area contributed by atoms with E-state index < -0.39 is 18.1 Å². The molecule has 0 bridgehead atoms. The molecule has 0 amide bonds. The minimum Gasteiger partial charge on any atom is -0.480 e. The quantitative estimate of drug-likeness (QED) is 0.0461. The fourth-order valence-electron chi connectivity index (χ4n) is 7.62. The van der Waals surface area contributed by atoms with Gasteiger partial charge in [0.05, 0.1) is 0 Å².